The first-order chi connectivity index (χ1) is 12.4. The van der Waals surface area contributed by atoms with Crippen LogP contribution in [0.1, 0.15) is 26.3 Å². The maximum Gasteiger partial charge on any atom is 0.273 e. The maximum absolute atomic E-state index is 12.1. The van der Waals surface area contributed by atoms with Gasteiger partial charge in [-0.1, -0.05) is 29.3 Å². The first kappa shape index (κ1) is 19.3. The normalized spacial score (nSPS) is 9.96. The van der Waals surface area contributed by atoms with Gasteiger partial charge in [-0.05, 0) is 37.3 Å². The highest BCUT2D eigenvalue weighted by atomic mass is 35.5. The highest BCUT2D eigenvalue weighted by Gasteiger charge is 2.14. The monoisotopic (exact) mass is 375 g/mol. The van der Waals surface area contributed by atoms with Gasteiger partial charge >= 0.3 is 0 Å². The Balaban J connectivity index is 1.86. The summed E-state index contributed by atoms with van der Waals surface area (Å²) in [6, 6.07) is 11.5. The number of nitrogens with one attached hydrogen (secondary N) is 3. The quantitative estimate of drug-likeness (QED) is 0.695. The van der Waals surface area contributed by atoms with Gasteiger partial charge in [0.1, 0.15) is 5.75 Å². The van der Waals surface area contributed by atoms with E-state index in [2.05, 4.69) is 16.2 Å². The van der Waals surface area contributed by atoms with Crippen LogP contribution in [0.5, 0.6) is 5.75 Å². The average Bonchev–Trinajstić information content (AvgIpc) is 2.64. The number of methoxy groups -OCH3 is 1. The van der Waals surface area contributed by atoms with Crippen LogP contribution in [-0.4, -0.2) is 31.4 Å². The molecular formula is C18H18ClN3O4. The van der Waals surface area contributed by atoms with Crippen molar-refractivity contribution in [3.05, 3.63) is 64.2 Å². The number of benzene rings is 2. The molecule has 0 aliphatic carbocycles. The van der Waals surface area contributed by atoms with Crippen molar-refractivity contribution in [3.63, 3.8) is 0 Å². The molecule has 0 spiro atoms. The van der Waals surface area contributed by atoms with Gasteiger partial charge in [0.05, 0.1) is 19.2 Å². The van der Waals surface area contributed by atoms with Gasteiger partial charge in [-0.2, -0.15) is 0 Å². The fourth-order valence-corrected chi connectivity index (χ4v) is 2.32. The predicted molar refractivity (Wildman–Crippen MR) is 97.1 cm³/mol. The number of hydrogen-bond donors (Lipinski definition) is 3. The molecule has 2 aromatic carbocycles. The van der Waals surface area contributed by atoms with E-state index in [0.717, 1.165) is 5.56 Å². The number of ether oxygens (including phenoxy) is 1. The highest BCUT2D eigenvalue weighted by Crippen LogP contribution is 2.22. The lowest BCUT2D eigenvalue weighted by Crippen LogP contribution is -2.46. The van der Waals surface area contributed by atoms with Gasteiger partial charge in [0.25, 0.3) is 17.7 Å². The number of carbonyl (C=O) groups excluding carboxylic acids is 3. The molecule has 0 aliphatic rings. The number of amides is 3. The summed E-state index contributed by atoms with van der Waals surface area (Å²) in [5, 5.41) is 2.83. The summed E-state index contributed by atoms with van der Waals surface area (Å²) in [6.07, 6.45) is 0. The third kappa shape index (κ3) is 5.22. The van der Waals surface area contributed by atoms with Crippen LogP contribution < -0.4 is 20.9 Å². The van der Waals surface area contributed by atoms with Crippen LogP contribution in [0.25, 0.3) is 0 Å². The molecule has 2 aromatic rings. The zero-order chi connectivity index (χ0) is 19.1. The summed E-state index contributed by atoms with van der Waals surface area (Å²) in [5.41, 5.74) is 6.02. The van der Waals surface area contributed by atoms with E-state index in [1.165, 1.54) is 13.2 Å². The molecule has 0 radical (unpaired) electrons. The molecular weight excluding hydrogens is 358 g/mol. The van der Waals surface area contributed by atoms with Gasteiger partial charge in [0.15, 0.2) is 0 Å². The second-order valence-corrected chi connectivity index (χ2v) is 5.84. The van der Waals surface area contributed by atoms with Crippen LogP contribution in [0.3, 0.4) is 0 Å². The van der Waals surface area contributed by atoms with E-state index in [4.69, 9.17) is 16.3 Å². The van der Waals surface area contributed by atoms with Crippen LogP contribution >= 0.6 is 11.6 Å². The smallest absolute Gasteiger partial charge is 0.273 e. The molecule has 8 heteroatoms. The van der Waals surface area contributed by atoms with Crippen molar-refractivity contribution in [3.8, 4) is 5.75 Å². The highest BCUT2D eigenvalue weighted by molar-refractivity contribution is 6.31. The van der Waals surface area contributed by atoms with Gasteiger partial charge < -0.3 is 10.1 Å². The molecule has 0 bridgehead atoms. The standard InChI is InChI=1S/C18H18ClN3O4/c1-11-4-3-5-12(8-11)17(24)20-10-16(23)21-22-18(25)14-9-13(19)6-7-15(14)26-2/h3-9H,10H2,1-2H3,(H,20,24)(H,21,23)(H,22,25). The van der Waals surface area contributed by atoms with Crippen molar-refractivity contribution in [2.45, 2.75) is 6.92 Å². The number of hydrogen-bond acceptors (Lipinski definition) is 4. The van der Waals surface area contributed by atoms with Crippen molar-refractivity contribution in [2.75, 3.05) is 13.7 Å². The van der Waals surface area contributed by atoms with Crippen LogP contribution in [0.2, 0.25) is 5.02 Å². The molecule has 0 unspecified atom stereocenters. The largest absolute Gasteiger partial charge is 0.496 e. The summed E-state index contributed by atoms with van der Waals surface area (Å²) in [4.78, 5) is 35.9. The number of aryl methyl sites for hydroxylation is 1. The Labute approximate surface area is 155 Å². The Morgan fingerprint density at radius 1 is 1.04 bits per heavy atom. The Bertz CT molecular complexity index is 839. The molecule has 0 heterocycles. The number of rotatable bonds is 5. The van der Waals surface area contributed by atoms with E-state index in [0.29, 0.717) is 16.3 Å². The van der Waals surface area contributed by atoms with Crippen LogP contribution in [0.15, 0.2) is 42.5 Å². The first-order valence-corrected chi connectivity index (χ1v) is 8.06. The summed E-state index contributed by atoms with van der Waals surface area (Å²) >= 11 is 5.86. The average molecular weight is 376 g/mol. The van der Waals surface area contributed by atoms with Gasteiger partial charge in [-0.3, -0.25) is 25.2 Å². The molecule has 0 fully saturated rings. The van der Waals surface area contributed by atoms with Gasteiger partial charge in [-0.15, -0.1) is 0 Å². The zero-order valence-corrected chi connectivity index (χ0v) is 15.0. The zero-order valence-electron chi connectivity index (χ0n) is 14.3. The summed E-state index contributed by atoms with van der Waals surface area (Å²) < 4.78 is 5.08. The third-order valence-corrected chi connectivity index (χ3v) is 3.65. The van der Waals surface area contributed by atoms with Crippen LogP contribution in [0, 0.1) is 6.92 Å². The van der Waals surface area contributed by atoms with Crippen molar-refractivity contribution < 1.29 is 19.1 Å². The van der Waals surface area contributed by atoms with E-state index < -0.39 is 11.8 Å². The molecule has 0 saturated heterocycles. The summed E-state index contributed by atoms with van der Waals surface area (Å²) in [6.45, 7) is 1.57. The van der Waals surface area contributed by atoms with Gasteiger partial charge in [0.2, 0.25) is 0 Å². The minimum atomic E-state index is -0.595. The molecule has 26 heavy (non-hydrogen) atoms. The van der Waals surface area contributed by atoms with E-state index in [1.807, 2.05) is 13.0 Å². The lowest BCUT2D eigenvalue weighted by atomic mass is 10.1. The van der Waals surface area contributed by atoms with Crippen molar-refractivity contribution >= 4 is 29.3 Å². The Morgan fingerprint density at radius 3 is 2.50 bits per heavy atom. The summed E-state index contributed by atoms with van der Waals surface area (Å²) in [5.74, 6) is -1.25. The topological polar surface area (TPSA) is 96.5 Å². The van der Waals surface area contributed by atoms with Gasteiger partial charge in [0, 0.05) is 10.6 Å². The van der Waals surface area contributed by atoms with E-state index >= 15 is 0 Å². The Hall–Kier alpha value is -3.06. The molecule has 2 rings (SSSR count). The Morgan fingerprint density at radius 2 is 1.81 bits per heavy atom. The predicted octanol–water partition coefficient (Wildman–Crippen LogP) is 1.85. The molecule has 3 N–H and O–H groups in total. The van der Waals surface area contributed by atoms with Crippen LogP contribution in [-0.2, 0) is 4.79 Å². The second-order valence-electron chi connectivity index (χ2n) is 5.40. The summed E-state index contributed by atoms with van der Waals surface area (Å²) in [7, 11) is 1.42. The SMILES string of the molecule is COc1ccc(Cl)cc1C(=O)NNC(=O)CNC(=O)c1cccc(C)c1. The minimum absolute atomic E-state index is 0.170. The molecule has 0 aromatic heterocycles. The van der Waals surface area contributed by atoms with Crippen molar-refractivity contribution in [2.24, 2.45) is 0 Å². The number of carbonyl (C=O) groups is 3. The fraction of sp³-hybridized carbons (Fsp3) is 0.167. The van der Waals surface area contributed by atoms with Gasteiger partial charge in [-0.25, -0.2) is 0 Å². The van der Waals surface area contributed by atoms with E-state index in [1.54, 1.807) is 30.3 Å². The second kappa shape index (κ2) is 8.87. The van der Waals surface area contributed by atoms with Crippen molar-refractivity contribution in [1.29, 1.82) is 0 Å². The fourth-order valence-electron chi connectivity index (χ4n) is 2.14. The van der Waals surface area contributed by atoms with E-state index in [-0.39, 0.29) is 18.0 Å². The van der Waals surface area contributed by atoms with Crippen LogP contribution in [0.4, 0.5) is 0 Å². The molecule has 3 amide bonds. The van der Waals surface area contributed by atoms with E-state index in [9.17, 15) is 14.4 Å². The minimum Gasteiger partial charge on any atom is -0.496 e. The molecule has 7 nitrogen and oxygen atoms in total. The molecule has 0 atom stereocenters. The molecule has 0 aliphatic heterocycles. The molecule has 136 valence electrons. The lowest BCUT2D eigenvalue weighted by molar-refractivity contribution is -0.120. The number of halogens is 1. The molecule has 0 saturated carbocycles. The first-order valence-electron chi connectivity index (χ1n) is 7.68. The maximum atomic E-state index is 12.1. The number of hydrazine groups is 1. The third-order valence-electron chi connectivity index (χ3n) is 3.41. The lowest BCUT2D eigenvalue weighted by Gasteiger charge is -2.11. The van der Waals surface area contributed by atoms with Crippen molar-refractivity contribution in [1.82, 2.24) is 16.2 Å². The Kier molecular flexibility index (Phi) is 6.57.